The van der Waals surface area contributed by atoms with Crippen molar-refractivity contribution in [1.82, 2.24) is 16.1 Å². The van der Waals surface area contributed by atoms with Gasteiger partial charge in [-0.25, -0.2) is 8.78 Å². The highest BCUT2D eigenvalue weighted by Crippen LogP contribution is 2.16. The van der Waals surface area contributed by atoms with E-state index in [1.54, 1.807) is 0 Å². The Labute approximate surface area is 156 Å². The summed E-state index contributed by atoms with van der Waals surface area (Å²) in [6, 6.07) is 1.25. The van der Waals surface area contributed by atoms with Gasteiger partial charge >= 0.3 is 0 Å². The fourth-order valence-electron chi connectivity index (χ4n) is 2.11. The molecule has 1 aromatic carbocycles. The second kappa shape index (κ2) is 10.4. The van der Waals surface area contributed by atoms with Gasteiger partial charge in [-0.2, -0.15) is 5.10 Å². The topological polar surface area (TPSA) is 103 Å². The van der Waals surface area contributed by atoms with Crippen LogP contribution in [0.4, 0.5) is 8.78 Å². The van der Waals surface area contributed by atoms with Crippen molar-refractivity contribution < 1.29 is 23.5 Å². The molecule has 0 aliphatic heterocycles. The molecular formula is C18H24F2N4O3. The van der Waals surface area contributed by atoms with Crippen LogP contribution in [0, 0.1) is 11.6 Å². The van der Waals surface area contributed by atoms with E-state index in [2.05, 4.69) is 27.7 Å². The van der Waals surface area contributed by atoms with Gasteiger partial charge in [0.25, 0.3) is 5.91 Å². The molecule has 27 heavy (non-hydrogen) atoms. The summed E-state index contributed by atoms with van der Waals surface area (Å²) in [7, 11) is 0. The van der Waals surface area contributed by atoms with Crippen molar-refractivity contribution in [3.8, 4) is 0 Å². The fourth-order valence-corrected chi connectivity index (χ4v) is 2.11. The molecule has 0 fully saturated rings. The van der Waals surface area contributed by atoms with Crippen LogP contribution in [0.3, 0.4) is 0 Å². The molecule has 0 aromatic heterocycles. The van der Waals surface area contributed by atoms with Gasteiger partial charge in [-0.05, 0) is 38.0 Å². The molecule has 0 bridgehead atoms. The average Bonchev–Trinajstić information content (AvgIpc) is 2.58. The number of nitrogens with zero attached hydrogens (tertiary/aromatic N) is 1. The second-order valence-electron chi connectivity index (χ2n) is 6.01. The van der Waals surface area contributed by atoms with Crippen molar-refractivity contribution in [3.05, 3.63) is 47.8 Å². The van der Waals surface area contributed by atoms with Gasteiger partial charge in [0.05, 0.1) is 0 Å². The third-order valence-corrected chi connectivity index (χ3v) is 3.47. The number of carbonyl (C=O) groups is 2. The zero-order valence-corrected chi connectivity index (χ0v) is 15.5. The van der Waals surface area contributed by atoms with E-state index in [1.807, 2.05) is 13.8 Å². The predicted octanol–water partition coefficient (Wildman–Crippen LogP) is 1.86. The minimum atomic E-state index is -1.83. The van der Waals surface area contributed by atoms with Crippen LogP contribution < -0.4 is 16.1 Å². The molecule has 0 saturated carbocycles. The minimum absolute atomic E-state index is 0.115. The molecular weight excluding hydrogens is 358 g/mol. The van der Waals surface area contributed by atoms with Crippen LogP contribution in [0.5, 0.6) is 0 Å². The maximum atomic E-state index is 13.2. The number of amides is 2. The average molecular weight is 382 g/mol. The number of hydrogen-bond acceptors (Lipinski definition) is 5. The number of nitrogens with one attached hydrogen (secondary N) is 3. The van der Waals surface area contributed by atoms with Crippen LogP contribution in [0.2, 0.25) is 0 Å². The number of carbonyl (C=O) groups excluding carboxylic acids is 2. The van der Waals surface area contributed by atoms with Gasteiger partial charge in [-0.3, -0.25) is 15.0 Å². The quantitative estimate of drug-likeness (QED) is 0.387. The highest BCUT2D eigenvalue weighted by atomic mass is 19.1. The summed E-state index contributed by atoms with van der Waals surface area (Å²) >= 11 is 0. The Morgan fingerprint density at radius 3 is 2.37 bits per heavy atom. The highest BCUT2D eigenvalue weighted by molar-refractivity contribution is 5.90. The monoisotopic (exact) mass is 382 g/mol. The number of benzene rings is 1. The van der Waals surface area contributed by atoms with E-state index in [-0.39, 0.29) is 11.4 Å². The summed E-state index contributed by atoms with van der Waals surface area (Å²) in [6.45, 7) is 8.81. The van der Waals surface area contributed by atoms with E-state index in [1.165, 1.54) is 6.92 Å². The molecule has 1 rings (SSSR count). The highest BCUT2D eigenvalue weighted by Gasteiger charge is 2.23. The van der Waals surface area contributed by atoms with E-state index in [9.17, 15) is 23.5 Å². The lowest BCUT2D eigenvalue weighted by molar-refractivity contribution is -0.133. The van der Waals surface area contributed by atoms with Crippen LogP contribution in [0.15, 0.2) is 35.7 Å². The molecule has 0 heterocycles. The van der Waals surface area contributed by atoms with E-state index in [0.717, 1.165) is 30.7 Å². The molecule has 0 aliphatic carbocycles. The Morgan fingerprint density at radius 2 is 1.81 bits per heavy atom. The molecule has 1 aromatic rings. The lowest BCUT2D eigenvalue weighted by atomic mass is 10.1. The molecule has 148 valence electrons. The summed E-state index contributed by atoms with van der Waals surface area (Å²) < 4.78 is 26.4. The normalized spacial score (nSPS) is 13.5. The first kappa shape index (κ1) is 22.2. The predicted molar refractivity (Wildman–Crippen MR) is 97.4 cm³/mol. The summed E-state index contributed by atoms with van der Waals surface area (Å²) in [6.07, 6.45) is -0.108. The van der Waals surface area contributed by atoms with Gasteiger partial charge in [0.15, 0.2) is 6.10 Å². The zero-order chi connectivity index (χ0) is 20.6. The fraction of sp³-hybridized carbons (Fsp3) is 0.389. The molecule has 7 nitrogen and oxygen atoms in total. The maximum Gasteiger partial charge on any atom is 0.254 e. The van der Waals surface area contributed by atoms with Crippen molar-refractivity contribution in [3.63, 3.8) is 0 Å². The Morgan fingerprint density at radius 1 is 1.22 bits per heavy atom. The SMILES string of the molecule is C=C(N/N=C(\C)CCC)NC(=O)[C@H](C)NC(=O)C(O)c1cc(F)cc(F)c1. The molecule has 0 spiro atoms. The van der Waals surface area contributed by atoms with Gasteiger partial charge in [0.2, 0.25) is 5.91 Å². The van der Waals surface area contributed by atoms with Crippen molar-refractivity contribution in [2.45, 2.75) is 45.8 Å². The maximum absolute atomic E-state index is 13.2. The molecule has 0 aliphatic rings. The van der Waals surface area contributed by atoms with Gasteiger partial charge in [-0.1, -0.05) is 19.9 Å². The lowest BCUT2D eigenvalue weighted by Crippen LogP contribution is -2.47. The van der Waals surface area contributed by atoms with Crippen LogP contribution in [-0.4, -0.2) is 28.7 Å². The number of aliphatic hydroxyl groups excluding tert-OH is 1. The van der Waals surface area contributed by atoms with Gasteiger partial charge < -0.3 is 15.7 Å². The first-order chi connectivity index (χ1) is 12.6. The Balaban J connectivity index is 2.59. The molecule has 1 unspecified atom stereocenters. The summed E-state index contributed by atoms with van der Waals surface area (Å²) in [4.78, 5) is 24.1. The Kier molecular flexibility index (Phi) is 8.53. The molecule has 0 radical (unpaired) electrons. The first-order valence-corrected chi connectivity index (χ1v) is 8.37. The molecule has 2 amide bonds. The lowest BCUT2D eigenvalue weighted by Gasteiger charge is -2.17. The first-order valence-electron chi connectivity index (χ1n) is 8.37. The smallest absolute Gasteiger partial charge is 0.254 e. The van der Waals surface area contributed by atoms with E-state index in [0.29, 0.717) is 6.07 Å². The molecule has 4 N–H and O–H groups in total. The van der Waals surface area contributed by atoms with E-state index in [4.69, 9.17) is 0 Å². The van der Waals surface area contributed by atoms with Crippen molar-refractivity contribution in [2.75, 3.05) is 0 Å². The standard InChI is InChI=1S/C18H24F2N4O3/c1-5-6-10(2)23-24-12(4)22-17(26)11(3)21-18(27)16(25)13-7-14(19)9-15(20)8-13/h7-9,11,16,24-25H,4-6H2,1-3H3,(H,21,27)(H,22,26)/b23-10+/t11-,16?/m0/s1. The van der Waals surface area contributed by atoms with Gasteiger partial charge in [-0.15, -0.1) is 0 Å². The summed E-state index contributed by atoms with van der Waals surface area (Å²) in [5.41, 5.74) is 3.16. The van der Waals surface area contributed by atoms with E-state index < -0.39 is 35.6 Å². The van der Waals surface area contributed by atoms with Gasteiger partial charge in [0, 0.05) is 11.8 Å². The van der Waals surface area contributed by atoms with Crippen molar-refractivity contribution in [1.29, 1.82) is 0 Å². The molecule has 9 heteroatoms. The van der Waals surface area contributed by atoms with Crippen LogP contribution in [0.1, 0.15) is 45.3 Å². The largest absolute Gasteiger partial charge is 0.378 e. The minimum Gasteiger partial charge on any atom is -0.378 e. The third kappa shape index (κ3) is 7.53. The van der Waals surface area contributed by atoms with Crippen LogP contribution in [-0.2, 0) is 9.59 Å². The zero-order valence-electron chi connectivity index (χ0n) is 15.5. The summed E-state index contributed by atoms with van der Waals surface area (Å²) in [5, 5.41) is 18.6. The van der Waals surface area contributed by atoms with E-state index >= 15 is 0 Å². The molecule has 0 saturated heterocycles. The second-order valence-corrected chi connectivity index (χ2v) is 6.01. The third-order valence-electron chi connectivity index (χ3n) is 3.47. The Bertz CT molecular complexity index is 717. The molecule has 2 atom stereocenters. The van der Waals surface area contributed by atoms with Crippen molar-refractivity contribution >= 4 is 17.5 Å². The number of rotatable bonds is 9. The summed E-state index contributed by atoms with van der Waals surface area (Å²) in [5.74, 6) is -3.32. The number of hydrazone groups is 1. The number of aliphatic hydroxyl groups is 1. The van der Waals surface area contributed by atoms with Crippen LogP contribution >= 0.6 is 0 Å². The van der Waals surface area contributed by atoms with Crippen molar-refractivity contribution in [2.24, 2.45) is 5.10 Å². The Hall–Kier alpha value is -2.81. The van der Waals surface area contributed by atoms with Crippen LogP contribution in [0.25, 0.3) is 0 Å². The van der Waals surface area contributed by atoms with Gasteiger partial charge in [0.1, 0.15) is 23.5 Å². The number of hydrogen-bond donors (Lipinski definition) is 4. The number of halogens is 2.